The number of carbonyl (C=O) groups is 1. The van der Waals surface area contributed by atoms with Crippen LogP contribution in [0.25, 0.3) is 0 Å². The van der Waals surface area contributed by atoms with Gasteiger partial charge >= 0.3 is 5.97 Å². The van der Waals surface area contributed by atoms with Crippen LogP contribution in [-0.4, -0.2) is 35.1 Å². The Balaban J connectivity index is 2.61. The monoisotopic (exact) mass is 329 g/mol. The molecule has 0 aromatic heterocycles. The minimum Gasteiger partial charge on any atom is -0.493 e. The van der Waals surface area contributed by atoms with Crippen molar-refractivity contribution >= 4 is 22.5 Å². The molecule has 0 aliphatic heterocycles. The molecule has 0 bridgehead atoms. The number of hydrogen-bond acceptors (Lipinski definition) is 6. The smallest absolute Gasteiger partial charge is 0.305 e. The van der Waals surface area contributed by atoms with E-state index in [1.165, 1.54) is 25.5 Å². The SMILES string of the molecule is COC(=O)CCCCOc1cc(CS(C)=O)cc([N+](=O)[O-])c1. The van der Waals surface area contributed by atoms with E-state index >= 15 is 0 Å². The topological polar surface area (TPSA) is 95.7 Å². The zero-order valence-electron chi connectivity index (χ0n) is 12.6. The zero-order chi connectivity index (χ0) is 16.5. The largest absolute Gasteiger partial charge is 0.493 e. The Labute approximate surface area is 131 Å². The molecule has 1 aromatic rings. The minimum atomic E-state index is -1.09. The molecule has 1 atom stereocenters. The highest BCUT2D eigenvalue weighted by Gasteiger charge is 2.11. The number of methoxy groups -OCH3 is 1. The van der Waals surface area contributed by atoms with Gasteiger partial charge in [0.2, 0.25) is 0 Å². The maximum atomic E-state index is 11.3. The molecule has 0 saturated carbocycles. The number of unbranched alkanes of at least 4 members (excludes halogenated alkanes) is 1. The van der Waals surface area contributed by atoms with Crippen LogP contribution in [0.3, 0.4) is 0 Å². The van der Waals surface area contributed by atoms with Gasteiger partial charge < -0.3 is 9.47 Å². The molecule has 1 aromatic carbocycles. The second-order valence-corrected chi connectivity index (χ2v) is 6.13. The van der Waals surface area contributed by atoms with E-state index in [0.29, 0.717) is 37.2 Å². The number of nitro benzene ring substituents is 1. The van der Waals surface area contributed by atoms with Crippen LogP contribution in [0.4, 0.5) is 5.69 Å². The predicted octanol–water partition coefficient (Wildman–Crippen LogP) is 2.20. The van der Waals surface area contributed by atoms with Gasteiger partial charge in [-0.3, -0.25) is 19.1 Å². The Kier molecular flexibility index (Phi) is 7.51. The molecule has 122 valence electrons. The molecule has 0 amide bonds. The van der Waals surface area contributed by atoms with Gasteiger partial charge in [0.05, 0.1) is 24.7 Å². The molecule has 8 heteroatoms. The third-order valence-corrected chi connectivity index (χ3v) is 3.54. The molecule has 22 heavy (non-hydrogen) atoms. The van der Waals surface area contributed by atoms with Crippen LogP contribution in [0.1, 0.15) is 24.8 Å². The quantitative estimate of drug-likeness (QED) is 0.298. The van der Waals surface area contributed by atoms with E-state index in [9.17, 15) is 19.1 Å². The van der Waals surface area contributed by atoms with Crippen molar-refractivity contribution in [3.05, 3.63) is 33.9 Å². The lowest BCUT2D eigenvalue weighted by Crippen LogP contribution is -2.03. The molecule has 1 rings (SSSR count). The van der Waals surface area contributed by atoms with Crippen LogP contribution in [-0.2, 0) is 26.1 Å². The first-order valence-electron chi connectivity index (χ1n) is 6.70. The first kappa shape index (κ1) is 18.1. The molecule has 0 heterocycles. The third-order valence-electron chi connectivity index (χ3n) is 2.80. The highest BCUT2D eigenvalue weighted by Crippen LogP contribution is 2.24. The van der Waals surface area contributed by atoms with Gasteiger partial charge in [0.25, 0.3) is 5.69 Å². The lowest BCUT2D eigenvalue weighted by Gasteiger charge is -2.08. The van der Waals surface area contributed by atoms with E-state index in [2.05, 4.69) is 4.74 Å². The van der Waals surface area contributed by atoms with Gasteiger partial charge in [0.1, 0.15) is 5.75 Å². The van der Waals surface area contributed by atoms with Crippen molar-refractivity contribution in [3.8, 4) is 5.75 Å². The number of nitro groups is 1. The highest BCUT2D eigenvalue weighted by molar-refractivity contribution is 7.83. The number of carbonyl (C=O) groups excluding carboxylic acids is 1. The van der Waals surface area contributed by atoms with Crippen molar-refractivity contribution in [3.63, 3.8) is 0 Å². The van der Waals surface area contributed by atoms with Gasteiger partial charge in [0, 0.05) is 35.3 Å². The summed E-state index contributed by atoms with van der Waals surface area (Å²) < 4.78 is 21.3. The fourth-order valence-electron chi connectivity index (χ4n) is 1.81. The summed E-state index contributed by atoms with van der Waals surface area (Å²) in [5, 5.41) is 10.9. The van der Waals surface area contributed by atoms with Crippen molar-refractivity contribution in [1.29, 1.82) is 0 Å². The first-order valence-corrected chi connectivity index (χ1v) is 8.43. The second-order valence-electron chi connectivity index (χ2n) is 4.69. The maximum Gasteiger partial charge on any atom is 0.305 e. The van der Waals surface area contributed by atoms with E-state index in [1.54, 1.807) is 6.07 Å². The average Bonchev–Trinajstić information content (AvgIpc) is 2.45. The van der Waals surface area contributed by atoms with Crippen molar-refractivity contribution in [2.75, 3.05) is 20.0 Å². The molecule has 1 unspecified atom stereocenters. The number of rotatable bonds is 9. The number of non-ortho nitro benzene ring substituents is 1. The molecular formula is C14H19NO6S. The van der Waals surface area contributed by atoms with Crippen LogP contribution in [0.2, 0.25) is 0 Å². The maximum absolute atomic E-state index is 11.3. The van der Waals surface area contributed by atoms with Gasteiger partial charge in [0.15, 0.2) is 0 Å². The fraction of sp³-hybridized carbons (Fsp3) is 0.500. The second kappa shape index (κ2) is 9.14. The molecule has 0 spiro atoms. The normalized spacial score (nSPS) is 11.7. The number of hydrogen-bond donors (Lipinski definition) is 0. The van der Waals surface area contributed by atoms with Crippen LogP contribution >= 0.6 is 0 Å². The molecule has 0 fully saturated rings. The summed E-state index contributed by atoms with van der Waals surface area (Å²) in [6, 6.07) is 4.38. The molecular weight excluding hydrogens is 310 g/mol. The van der Waals surface area contributed by atoms with E-state index in [4.69, 9.17) is 4.74 Å². The van der Waals surface area contributed by atoms with E-state index in [1.807, 2.05) is 0 Å². The van der Waals surface area contributed by atoms with Crippen molar-refractivity contribution in [2.45, 2.75) is 25.0 Å². The van der Waals surface area contributed by atoms with Gasteiger partial charge in [-0.2, -0.15) is 0 Å². The summed E-state index contributed by atoms with van der Waals surface area (Å²) in [5.41, 5.74) is 0.507. The number of benzene rings is 1. The molecule has 0 aliphatic carbocycles. The summed E-state index contributed by atoms with van der Waals surface area (Å²) in [6.45, 7) is 0.340. The number of nitrogens with zero attached hydrogens (tertiary/aromatic N) is 1. The summed E-state index contributed by atoms with van der Waals surface area (Å²) in [7, 11) is 0.243. The summed E-state index contributed by atoms with van der Waals surface area (Å²) in [6.07, 6.45) is 3.10. The first-order chi connectivity index (χ1) is 10.4. The van der Waals surface area contributed by atoms with Gasteiger partial charge in [-0.1, -0.05) is 0 Å². The van der Waals surface area contributed by atoms with Gasteiger partial charge in [-0.05, 0) is 24.5 Å². The Bertz CT molecular complexity index is 560. The molecule has 0 saturated heterocycles. The van der Waals surface area contributed by atoms with Gasteiger partial charge in [-0.25, -0.2) is 0 Å². The fourth-order valence-corrected chi connectivity index (χ4v) is 2.45. The zero-order valence-corrected chi connectivity index (χ0v) is 13.4. The van der Waals surface area contributed by atoms with E-state index in [0.717, 1.165) is 0 Å². The number of ether oxygens (including phenoxy) is 2. The van der Waals surface area contributed by atoms with E-state index < -0.39 is 15.7 Å². The Morgan fingerprint density at radius 2 is 2.05 bits per heavy atom. The van der Waals surface area contributed by atoms with Crippen LogP contribution in [0, 0.1) is 10.1 Å². The summed E-state index contributed by atoms with van der Waals surface area (Å²) >= 11 is 0. The number of esters is 1. The van der Waals surface area contributed by atoms with Crippen molar-refractivity contribution in [2.24, 2.45) is 0 Å². The van der Waals surface area contributed by atoms with Crippen LogP contribution in [0.15, 0.2) is 18.2 Å². The van der Waals surface area contributed by atoms with Crippen LogP contribution in [0.5, 0.6) is 5.75 Å². The molecule has 0 N–H and O–H groups in total. The lowest BCUT2D eigenvalue weighted by atomic mass is 10.2. The van der Waals surface area contributed by atoms with Crippen molar-refractivity contribution in [1.82, 2.24) is 0 Å². The standard InChI is InChI=1S/C14H19NO6S/c1-20-14(16)5-3-4-6-21-13-8-11(10-22(2)19)7-12(9-13)15(17)18/h7-9H,3-6,10H2,1-2H3. The van der Waals surface area contributed by atoms with E-state index in [-0.39, 0.29) is 17.4 Å². The molecule has 7 nitrogen and oxygen atoms in total. The summed E-state index contributed by atoms with van der Waals surface area (Å²) in [5.74, 6) is 0.330. The summed E-state index contributed by atoms with van der Waals surface area (Å²) in [4.78, 5) is 21.3. The van der Waals surface area contributed by atoms with Crippen LogP contribution < -0.4 is 4.74 Å². The minimum absolute atomic E-state index is 0.0903. The average molecular weight is 329 g/mol. The Morgan fingerprint density at radius 3 is 2.64 bits per heavy atom. The predicted molar refractivity (Wildman–Crippen MR) is 82.2 cm³/mol. The lowest BCUT2D eigenvalue weighted by molar-refractivity contribution is -0.385. The third kappa shape index (κ3) is 6.66. The highest BCUT2D eigenvalue weighted by atomic mass is 32.2. The molecule has 0 radical (unpaired) electrons. The van der Waals surface area contributed by atoms with Gasteiger partial charge in [-0.15, -0.1) is 0 Å². The van der Waals surface area contributed by atoms with Crippen molar-refractivity contribution < 1.29 is 23.4 Å². The molecule has 0 aliphatic rings. The Hall–Kier alpha value is -1.96. The Morgan fingerprint density at radius 1 is 1.32 bits per heavy atom.